The molecule has 0 radical (unpaired) electrons. The molecule has 0 saturated heterocycles. The number of hydrogen-bond acceptors (Lipinski definition) is 0. The first-order valence-corrected chi connectivity index (χ1v) is 9.63. The third-order valence-corrected chi connectivity index (χ3v) is 5.27. The smallest absolute Gasteiger partial charge is 0.0439 e. The molecule has 0 unspecified atom stereocenters. The average Bonchev–Trinajstić information content (AvgIpc) is 3.12. The molecule has 1 aromatic heterocycles. The molecule has 1 heterocycles. The van der Waals surface area contributed by atoms with E-state index in [1.165, 1.54) is 27.8 Å². The third-order valence-electron chi connectivity index (χ3n) is 4.92. The lowest BCUT2D eigenvalue weighted by Gasteiger charge is -2.15. The zero-order valence-electron chi connectivity index (χ0n) is 15.4. The number of aryl methyl sites for hydroxylation is 3. The zero-order chi connectivity index (χ0) is 18.5. The van der Waals surface area contributed by atoms with Crippen molar-refractivity contribution in [3.63, 3.8) is 0 Å². The Bertz CT molecular complexity index is 862. The molecule has 0 saturated carbocycles. The Morgan fingerprint density at radius 2 is 1.88 bits per heavy atom. The van der Waals surface area contributed by atoms with E-state index in [0.29, 0.717) is 5.88 Å². The molecule has 0 bridgehead atoms. The van der Waals surface area contributed by atoms with Crippen LogP contribution in [0.3, 0.4) is 0 Å². The molecule has 2 heteroatoms. The minimum atomic E-state index is 0.574. The molecule has 0 aliphatic heterocycles. The van der Waals surface area contributed by atoms with Gasteiger partial charge in [0.1, 0.15) is 0 Å². The predicted molar refractivity (Wildman–Crippen MR) is 114 cm³/mol. The summed E-state index contributed by atoms with van der Waals surface area (Å²) in [6.07, 6.45) is 10.3. The highest BCUT2D eigenvalue weighted by molar-refractivity contribution is 6.19. The van der Waals surface area contributed by atoms with Crippen LogP contribution in [0.25, 0.3) is 5.57 Å². The van der Waals surface area contributed by atoms with Crippen molar-refractivity contribution in [1.29, 1.82) is 0 Å². The van der Waals surface area contributed by atoms with E-state index in [0.717, 1.165) is 42.5 Å². The van der Waals surface area contributed by atoms with Gasteiger partial charge in [-0.05, 0) is 66.5 Å². The predicted octanol–water partition coefficient (Wildman–Crippen LogP) is 6.56. The quantitative estimate of drug-likeness (QED) is 0.536. The topological polar surface area (TPSA) is 15.8 Å². The Kier molecular flexibility index (Phi) is 6.00. The highest BCUT2D eigenvalue weighted by atomic mass is 35.5. The lowest BCUT2D eigenvalue weighted by molar-refractivity contribution is 0.961. The first kappa shape index (κ1) is 18.5. The van der Waals surface area contributed by atoms with Gasteiger partial charge in [-0.2, -0.15) is 0 Å². The van der Waals surface area contributed by atoms with Crippen molar-refractivity contribution in [2.45, 2.75) is 32.6 Å². The molecule has 1 nitrogen and oxygen atoms in total. The van der Waals surface area contributed by atoms with Crippen LogP contribution in [0.5, 0.6) is 0 Å². The number of alkyl halides is 1. The van der Waals surface area contributed by atoms with Gasteiger partial charge < -0.3 is 4.98 Å². The van der Waals surface area contributed by atoms with Crippen LogP contribution in [0.1, 0.15) is 35.2 Å². The standard InChI is InChI=1S/C24H26ClN/c1-17-4-6-20(7-5-17)8-9-22-14-24(26-16-22)19(3)13-23-11-10-21(15-25)12-18(23)2/h4-7,11-12,14,16,26H,2-3,8-10,13,15H2,1H3. The summed E-state index contributed by atoms with van der Waals surface area (Å²) in [6, 6.07) is 11.0. The molecule has 0 atom stereocenters. The van der Waals surface area contributed by atoms with Gasteiger partial charge in [0, 0.05) is 17.8 Å². The summed E-state index contributed by atoms with van der Waals surface area (Å²) in [7, 11) is 0. The van der Waals surface area contributed by atoms with Crippen LogP contribution in [0.4, 0.5) is 0 Å². The number of nitrogens with one attached hydrogen (secondary N) is 1. The minimum absolute atomic E-state index is 0.574. The van der Waals surface area contributed by atoms with Gasteiger partial charge in [0.25, 0.3) is 0 Å². The summed E-state index contributed by atoms with van der Waals surface area (Å²) >= 11 is 5.92. The van der Waals surface area contributed by atoms with Crippen molar-refractivity contribution in [3.8, 4) is 0 Å². The molecule has 1 N–H and O–H groups in total. The fourth-order valence-electron chi connectivity index (χ4n) is 3.22. The van der Waals surface area contributed by atoms with E-state index in [9.17, 15) is 0 Å². The Labute approximate surface area is 161 Å². The molecule has 0 amide bonds. The third kappa shape index (κ3) is 4.68. The Morgan fingerprint density at radius 1 is 1.15 bits per heavy atom. The van der Waals surface area contributed by atoms with Crippen molar-refractivity contribution in [2.75, 3.05) is 5.88 Å². The minimum Gasteiger partial charge on any atom is -0.361 e. The Morgan fingerprint density at radius 3 is 2.58 bits per heavy atom. The van der Waals surface area contributed by atoms with E-state index in [1.54, 1.807) is 0 Å². The lowest BCUT2D eigenvalue weighted by Crippen LogP contribution is -1.98. The van der Waals surface area contributed by atoms with Crippen LogP contribution >= 0.6 is 11.6 Å². The van der Waals surface area contributed by atoms with Crippen molar-refractivity contribution in [3.05, 3.63) is 101 Å². The van der Waals surface area contributed by atoms with E-state index in [4.69, 9.17) is 11.6 Å². The van der Waals surface area contributed by atoms with Gasteiger partial charge in [-0.15, -0.1) is 11.6 Å². The molecule has 26 heavy (non-hydrogen) atoms. The summed E-state index contributed by atoms with van der Waals surface area (Å²) in [5, 5.41) is 0. The number of allylic oxidation sites excluding steroid dienone is 6. The highest BCUT2D eigenvalue weighted by Crippen LogP contribution is 2.30. The fourth-order valence-corrected chi connectivity index (χ4v) is 3.40. The molecule has 3 rings (SSSR count). The molecule has 0 spiro atoms. The van der Waals surface area contributed by atoms with E-state index >= 15 is 0 Å². The van der Waals surface area contributed by atoms with Crippen molar-refractivity contribution in [1.82, 2.24) is 4.98 Å². The second-order valence-corrected chi connectivity index (χ2v) is 7.35. The molecular weight excluding hydrogens is 338 g/mol. The van der Waals surface area contributed by atoms with Gasteiger partial charge >= 0.3 is 0 Å². The fraction of sp³-hybridized carbons (Fsp3) is 0.250. The zero-order valence-corrected chi connectivity index (χ0v) is 16.2. The maximum atomic E-state index is 5.92. The number of hydrogen-bond donors (Lipinski definition) is 1. The maximum Gasteiger partial charge on any atom is 0.0439 e. The summed E-state index contributed by atoms with van der Waals surface area (Å²) in [4.78, 5) is 3.38. The van der Waals surface area contributed by atoms with Crippen LogP contribution in [0, 0.1) is 6.92 Å². The number of H-pyrrole nitrogens is 1. The molecule has 1 aromatic carbocycles. The number of aromatic nitrogens is 1. The van der Waals surface area contributed by atoms with Gasteiger partial charge in [0.15, 0.2) is 0 Å². The molecule has 1 aliphatic carbocycles. The van der Waals surface area contributed by atoms with Crippen molar-refractivity contribution >= 4 is 17.2 Å². The van der Waals surface area contributed by atoms with Crippen molar-refractivity contribution < 1.29 is 0 Å². The van der Waals surface area contributed by atoms with Gasteiger partial charge in [0.2, 0.25) is 0 Å². The summed E-state index contributed by atoms with van der Waals surface area (Å²) < 4.78 is 0. The summed E-state index contributed by atoms with van der Waals surface area (Å²) in [5.41, 5.74) is 9.75. The SMILES string of the molecule is C=C1C=C(CCl)CC=C1CC(=C)c1cc(CCc2ccc(C)cc2)c[nH]1. The molecule has 1 aliphatic rings. The molecular formula is C24H26ClN. The van der Waals surface area contributed by atoms with Gasteiger partial charge in [-0.3, -0.25) is 0 Å². The largest absolute Gasteiger partial charge is 0.361 e. The average molecular weight is 364 g/mol. The van der Waals surface area contributed by atoms with E-state index in [2.05, 4.69) is 73.7 Å². The maximum absolute atomic E-state index is 5.92. The van der Waals surface area contributed by atoms with Crippen molar-refractivity contribution in [2.24, 2.45) is 0 Å². The lowest BCUT2D eigenvalue weighted by atomic mass is 9.91. The van der Waals surface area contributed by atoms with Crippen LogP contribution in [-0.4, -0.2) is 10.9 Å². The molecule has 2 aromatic rings. The Hall–Kier alpha value is -2.25. The van der Waals surface area contributed by atoms with Crippen LogP contribution in [-0.2, 0) is 12.8 Å². The van der Waals surface area contributed by atoms with E-state index < -0.39 is 0 Å². The second kappa shape index (κ2) is 8.42. The summed E-state index contributed by atoms with van der Waals surface area (Å²) in [5.74, 6) is 0.574. The van der Waals surface area contributed by atoms with Crippen LogP contribution in [0.2, 0.25) is 0 Å². The van der Waals surface area contributed by atoms with E-state index in [1.807, 2.05) is 0 Å². The van der Waals surface area contributed by atoms with E-state index in [-0.39, 0.29) is 0 Å². The number of halogens is 1. The first-order valence-electron chi connectivity index (χ1n) is 9.10. The van der Waals surface area contributed by atoms with Crippen LogP contribution < -0.4 is 0 Å². The molecule has 0 fully saturated rings. The number of rotatable bonds is 7. The highest BCUT2D eigenvalue weighted by Gasteiger charge is 2.12. The normalized spacial score (nSPS) is 14.2. The number of aromatic amines is 1. The number of benzene rings is 1. The van der Waals surface area contributed by atoms with Gasteiger partial charge in [-0.1, -0.05) is 60.7 Å². The van der Waals surface area contributed by atoms with Crippen LogP contribution in [0.15, 0.2) is 78.6 Å². The monoisotopic (exact) mass is 363 g/mol. The Balaban J connectivity index is 1.57. The first-order chi connectivity index (χ1) is 12.5. The van der Waals surface area contributed by atoms with Gasteiger partial charge in [0.05, 0.1) is 0 Å². The summed E-state index contributed by atoms with van der Waals surface area (Å²) in [6.45, 7) is 10.6. The van der Waals surface area contributed by atoms with Gasteiger partial charge in [-0.25, -0.2) is 0 Å². The molecule has 134 valence electrons. The second-order valence-electron chi connectivity index (χ2n) is 7.08.